The molecule has 0 radical (unpaired) electrons. The lowest BCUT2D eigenvalue weighted by Gasteiger charge is -2.15. The van der Waals surface area contributed by atoms with Crippen molar-refractivity contribution in [3.05, 3.63) is 182 Å². The van der Waals surface area contributed by atoms with E-state index in [1.807, 2.05) is 0 Å². The van der Waals surface area contributed by atoms with E-state index in [1.54, 1.807) is 11.3 Å². The largest absolute Gasteiger partial charge is 0.308 e. The van der Waals surface area contributed by atoms with Crippen LogP contribution >= 0.6 is 11.3 Å². The molecule has 1 aliphatic rings. The van der Waals surface area contributed by atoms with Gasteiger partial charge < -0.3 is 4.57 Å². The summed E-state index contributed by atoms with van der Waals surface area (Å²) in [4.78, 5) is 12.3. The van der Waals surface area contributed by atoms with Crippen LogP contribution in [0.4, 0.5) is 0 Å². The van der Waals surface area contributed by atoms with E-state index in [4.69, 9.17) is 9.97 Å². The van der Waals surface area contributed by atoms with Gasteiger partial charge in [0.1, 0.15) is 16.0 Å². The third-order valence-electron chi connectivity index (χ3n) is 12.7. The van der Waals surface area contributed by atoms with Gasteiger partial charge in [0, 0.05) is 48.3 Å². The van der Waals surface area contributed by atoms with Gasteiger partial charge in [0.25, 0.3) is 0 Å². The Morgan fingerprint density at radius 2 is 1.07 bits per heavy atom. The third kappa shape index (κ3) is 4.16. The zero-order valence-electron chi connectivity index (χ0n) is 31.5. The summed E-state index contributed by atoms with van der Waals surface area (Å²) in [5.41, 5.74) is 13.6. The van der Waals surface area contributed by atoms with Gasteiger partial charge in [-0.1, -0.05) is 146 Å². The van der Waals surface area contributed by atoms with E-state index in [2.05, 4.69) is 191 Å². The molecule has 0 N–H and O–H groups in total. The van der Waals surface area contributed by atoms with Crippen LogP contribution in [0.3, 0.4) is 0 Å². The molecule has 0 saturated carbocycles. The van der Waals surface area contributed by atoms with E-state index in [-0.39, 0.29) is 0 Å². The van der Waals surface area contributed by atoms with Gasteiger partial charge in [-0.15, -0.1) is 11.3 Å². The van der Waals surface area contributed by atoms with E-state index in [9.17, 15) is 0 Å². The van der Waals surface area contributed by atoms with E-state index < -0.39 is 0 Å². The average Bonchev–Trinajstić information content (AvgIpc) is 3.92. The minimum Gasteiger partial charge on any atom is -0.308 e. The van der Waals surface area contributed by atoms with Gasteiger partial charge >= 0.3 is 0 Å². The standard InChI is InChI=1S/C54H30N4S/c1-2-14-34-31(13-1)25-26-32-27-28-33(29-41(32)34)50-53(55-51-40-20-8-12-24-47(40)59-54(51)56-50)58-45-23-11-7-19-39(45)48-46(58)30-42-37-17-6-10-22-44(37)57-43-21-9-5-16-36(43)35-15-3-4-18-38(35)49(48)52(42)57/h1-30H. The number of rotatable bonds is 2. The fourth-order valence-electron chi connectivity index (χ4n) is 10.2. The molecule has 0 spiro atoms. The Kier molecular flexibility index (Phi) is 6.14. The molecule has 0 bridgehead atoms. The van der Waals surface area contributed by atoms with Crippen LogP contribution < -0.4 is 0 Å². The molecule has 0 amide bonds. The number of hydrogen-bond acceptors (Lipinski definition) is 3. The highest BCUT2D eigenvalue weighted by atomic mass is 32.1. The maximum Gasteiger partial charge on any atom is 0.165 e. The Hall–Kier alpha value is -7.60. The smallest absolute Gasteiger partial charge is 0.165 e. The van der Waals surface area contributed by atoms with Crippen molar-refractivity contribution < 1.29 is 0 Å². The molecule has 5 heterocycles. The van der Waals surface area contributed by atoms with Crippen molar-refractivity contribution in [3.63, 3.8) is 0 Å². The molecule has 13 aromatic rings. The fourth-order valence-corrected chi connectivity index (χ4v) is 11.2. The molecule has 9 aromatic carbocycles. The summed E-state index contributed by atoms with van der Waals surface area (Å²) in [5, 5.41) is 10.8. The highest BCUT2D eigenvalue weighted by molar-refractivity contribution is 7.25. The van der Waals surface area contributed by atoms with Crippen molar-refractivity contribution >= 4 is 96.9 Å². The van der Waals surface area contributed by atoms with Crippen LogP contribution in [0, 0.1) is 0 Å². The Morgan fingerprint density at radius 1 is 0.424 bits per heavy atom. The summed E-state index contributed by atoms with van der Waals surface area (Å²) in [6.45, 7) is 0. The molecule has 0 fully saturated rings. The van der Waals surface area contributed by atoms with Crippen LogP contribution in [0.1, 0.15) is 0 Å². The number of benzene rings is 9. The van der Waals surface area contributed by atoms with Gasteiger partial charge in [0.15, 0.2) is 5.82 Å². The molecule has 0 unspecified atom stereocenters. The van der Waals surface area contributed by atoms with E-state index in [0.717, 1.165) is 43.8 Å². The first-order valence-electron chi connectivity index (χ1n) is 20.1. The van der Waals surface area contributed by atoms with Gasteiger partial charge in [-0.3, -0.25) is 4.57 Å². The summed E-state index contributed by atoms with van der Waals surface area (Å²) in [6.07, 6.45) is 0. The number of thiophene rings is 1. The number of hydrogen-bond donors (Lipinski definition) is 0. The molecular weight excluding hydrogens is 737 g/mol. The Balaban J connectivity index is 1.19. The first kappa shape index (κ1) is 31.5. The van der Waals surface area contributed by atoms with Crippen molar-refractivity contribution in [1.82, 2.24) is 19.1 Å². The van der Waals surface area contributed by atoms with Crippen molar-refractivity contribution in [1.29, 1.82) is 0 Å². The summed E-state index contributed by atoms with van der Waals surface area (Å²) in [5.74, 6) is 0.826. The maximum atomic E-state index is 5.74. The van der Waals surface area contributed by atoms with Crippen molar-refractivity contribution in [2.75, 3.05) is 0 Å². The van der Waals surface area contributed by atoms with Gasteiger partial charge in [-0.2, -0.15) is 0 Å². The van der Waals surface area contributed by atoms with E-state index in [1.165, 1.54) is 86.8 Å². The van der Waals surface area contributed by atoms with Crippen molar-refractivity contribution in [2.24, 2.45) is 0 Å². The SMILES string of the molecule is c1ccc2c(c1)-c1ccccc1-n1c3ccccc3c3cc4c(c-2c31)c1ccccc1n4-c1nc2c(nc1-c1ccc3ccc4ccccc4c3c1)sc1ccccc12. The minimum absolute atomic E-state index is 0.826. The molecule has 1 aliphatic heterocycles. The quantitative estimate of drug-likeness (QED) is 0.164. The zero-order valence-corrected chi connectivity index (χ0v) is 32.3. The Labute approximate surface area is 341 Å². The Morgan fingerprint density at radius 3 is 1.93 bits per heavy atom. The zero-order chi connectivity index (χ0) is 38.3. The highest BCUT2D eigenvalue weighted by Crippen LogP contribution is 2.52. The monoisotopic (exact) mass is 766 g/mol. The lowest BCUT2D eigenvalue weighted by Crippen LogP contribution is -2.03. The summed E-state index contributed by atoms with van der Waals surface area (Å²) in [6, 6.07) is 66.5. The highest BCUT2D eigenvalue weighted by Gasteiger charge is 2.30. The van der Waals surface area contributed by atoms with Crippen LogP contribution in [0.2, 0.25) is 0 Å². The molecular formula is C54H30N4S. The number of para-hydroxylation sites is 3. The predicted molar refractivity (Wildman–Crippen MR) is 248 cm³/mol. The van der Waals surface area contributed by atoms with Gasteiger partial charge in [0.2, 0.25) is 0 Å². The average molecular weight is 767 g/mol. The first-order chi connectivity index (χ1) is 29.3. The van der Waals surface area contributed by atoms with Gasteiger partial charge in [-0.05, 0) is 69.1 Å². The topological polar surface area (TPSA) is 35.6 Å². The lowest BCUT2D eigenvalue weighted by atomic mass is 9.91. The second kappa shape index (κ2) is 11.5. The normalized spacial score (nSPS) is 12.4. The number of nitrogens with zero attached hydrogens (tertiary/aromatic N) is 4. The minimum atomic E-state index is 0.826. The molecule has 4 nitrogen and oxygen atoms in total. The van der Waals surface area contributed by atoms with Crippen LogP contribution in [-0.4, -0.2) is 19.1 Å². The lowest BCUT2D eigenvalue weighted by molar-refractivity contribution is 1.09. The first-order valence-corrected chi connectivity index (χ1v) is 20.9. The van der Waals surface area contributed by atoms with Crippen LogP contribution in [-0.2, 0) is 0 Å². The van der Waals surface area contributed by atoms with Crippen LogP contribution in [0.5, 0.6) is 0 Å². The summed E-state index contributed by atoms with van der Waals surface area (Å²) < 4.78 is 6.10. The predicted octanol–water partition coefficient (Wildman–Crippen LogP) is 14.7. The third-order valence-corrected chi connectivity index (χ3v) is 13.7. The maximum absolute atomic E-state index is 5.74. The molecule has 0 aliphatic carbocycles. The van der Waals surface area contributed by atoms with Gasteiger partial charge in [0.05, 0.1) is 27.8 Å². The molecule has 0 atom stereocenters. The molecule has 272 valence electrons. The van der Waals surface area contributed by atoms with E-state index >= 15 is 0 Å². The molecule has 14 rings (SSSR count). The van der Waals surface area contributed by atoms with Crippen LogP contribution in [0.15, 0.2) is 182 Å². The van der Waals surface area contributed by atoms with Crippen molar-refractivity contribution in [3.8, 4) is 45.0 Å². The number of fused-ring (bicyclic) bond motifs is 18. The second-order valence-electron chi connectivity index (χ2n) is 15.7. The Bertz CT molecular complexity index is 3980. The summed E-state index contributed by atoms with van der Waals surface area (Å²) in [7, 11) is 0. The molecule has 5 heteroatoms. The number of aromatic nitrogens is 4. The van der Waals surface area contributed by atoms with Crippen molar-refractivity contribution in [2.45, 2.75) is 0 Å². The molecule has 4 aromatic heterocycles. The van der Waals surface area contributed by atoms with Gasteiger partial charge in [-0.25, -0.2) is 9.97 Å². The molecule has 0 saturated heterocycles. The molecule has 59 heavy (non-hydrogen) atoms. The fraction of sp³-hybridized carbons (Fsp3) is 0. The van der Waals surface area contributed by atoms with E-state index in [0.29, 0.717) is 0 Å². The second-order valence-corrected chi connectivity index (χ2v) is 16.7. The summed E-state index contributed by atoms with van der Waals surface area (Å²) >= 11 is 1.71. The van der Waals surface area contributed by atoms with Crippen LogP contribution in [0.25, 0.3) is 131 Å².